The predicted molar refractivity (Wildman–Crippen MR) is 62.6 cm³/mol. The van der Waals surface area contributed by atoms with E-state index in [-0.39, 0.29) is 0 Å². The number of carbonyl (C=O) groups is 3. The number of rotatable bonds is 4. The highest BCUT2D eigenvalue weighted by Crippen LogP contribution is 2.14. The molecule has 18 heavy (non-hydrogen) atoms. The zero-order valence-electron chi connectivity index (χ0n) is 11.6. The maximum absolute atomic E-state index is 11.8. The minimum atomic E-state index is -1.26. The minimum absolute atomic E-state index is 0.566. The Bertz CT molecular complexity index is 328. The molecule has 2 unspecified atom stereocenters. The van der Waals surface area contributed by atoms with Gasteiger partial charge in [-0.3, -0.25) is 9.59 Å². The smallest absolute Gasteiger partial charge is 0.351 e. The van der Waals surface area contributed by atoms with Crippen molar-refractivity contribution < 1.29 is 28.6 Å². The van der Waals surface area contributed by atoms with Crippen LogP contribution in [0.3, 0.4) is 0 Å². The van der Waals surface area contributed by atoms with Crippen LogP contribution in [-0.2, 0) is 28.6 Å². The lowest BCUT2D eigenvalue weighted by Crippen LogP contribution is -2.42. The van der Waals surface area contributed by atoms with Crippen molar-refractivity contribution in [3.63, 3.8) is 0 Å². The lowest BCUT2D eigenvalue weighted by atomic mass is 10.1. The van der Waals surface area contributed by atoms with Crippen LogP contribution in [0.2, 0.25) is 0 Å². The van der Waals surface area contributed by atoms with Gasteiger partial charge in [0.2, 0.25) is 6.10 Å². The van der Waals surface area contributed by atoms with Crippen molar-refractivity contribution >= 4 is 17.9 Å². The summed E-state index contributed by atoms with van der Waals surface area (Å²) in [5, 5.41) is 0. The van der Waals surface area contributed by atoms with E-state index in [1.54, 1.807) is 20.8 Å². The van der Waals surface area contributed by atoms with E-state index in [9.17, 15) is 14.4 Å². The zero-order chi connectivity index (χ0) is 14.5. The molecule has 2 atom stereocenters. The summed E-state index contributed by atoms with van der Waals surface area (Å²) >= 11 is 0. The normalized spacial score (nSPS) is 14.3. The molecule has 0 aromatic carbocycles. The summed E-state index contributed by atoms with van der Waals surface area (Å²) in [6.07, 6.45) is -2.16. The molecule has 104 valence electrons. The van der Waals surface area contributed by atoms with E-state index in [1.807, 2.05) is 0 Å². The maximum atomic E-state index is 11.8. The zero-order valence-corrected chi connectivity index (χ0v) is 11.6. The molecule has 0 aromatic rings. The molecule has 0 aromatic heterocycles. The highest BCUT2D eigenvalue weighted by Gasteiger charge is 2.34. The lowest BCUT2D eigenvalue weighted by molar-refractivity contribution is -0.186. The van der Waals surface area contributed by atoms with E-state index in [1.165, 1.54) is 13.8 Å². The molecule has 0 rings (SSSR count). The first-order valence-electron chi connectivity index (χ1n) is 5.60. The number of hydrogen-bond donors (Lipinski definition) is 0. The second-order valence-corrected chi connectivity index (χ2v) is 4.88. The van der Waals surface area contributed by atoms with Gasteiger partial charge in [-0.15, -0.1) is 0 Å². The molecule has 0 radical (unpaired) electrons. The third-order valence-electron chi connectivity index (χ3n) is 1.71. The Hall–Kier alpha value is -1.59. The van der Waals surface area contributed by atoms with Crippen LogP contribution in [0.5, 0.6) is 0 Å². The molecule has 0 aliphatic heterocycles. The fourth-order valence-corrected chi connectivity index (χ4v) is 1.20. The van der Waals surface area contributed by atoms with E-state index in [0.717, 1.165) is 6.92 Å². The second kappa shape index (κ2) is 6.37. The fraction of sp³-hybridized carbons (Fsp3) is 0.750. The van der Waals surface area contributed by atoms with Gasteiger partial charge in [0.1, 0.15) is 11.7 Å². The number of hydrogen-bond acceptors (Lipinski definition) is 6. The van der Waals surface area contributed by atoms with Crippen molar-refractivity contribution in [2.45, 2.75) is 59.4 Å². The quantitative estimate of drug-likeness (QED) is 0.558. The van der Waals surface area contributed by atoms with Crippen molar-refractivity contribution in [1.29, 1.82) is 0 Å². The lowest BCUT2D eigenvalue weighted by Gasteiger charge is -2.26. The topological polar surface area (TPSA) is 78.9 Å². The summed E-state index contributed by atoms with van der Waals surface area (Å²) in [6.45, 7) is 8.89. The molecule has 0 fully saturated rings. The van der Waals surface area contributed by atoms with Crippen molar-refractivity contribution in [1.82, 2.24) is 0 Å². The summed E-state index contributed by atoms with van der Waals surface area (Å²) in [4.78, 5) is 33.6. The van der Waals surface area contributed by atoms with E-state index < -0.39 is 35.7 Å². The average Bonchev–Trinajstić information content (AvgIpc) is 2.09. The third kappa shape index (κ3) is 6.88. The van der Waals surface area contributed by atoms with Crippen LogP contribution in [0.15, 0.2) is 0 Å². The summed E-state index contributed by atoms with van der Waals surface area (Å²) in [5.41, 5.74) is -0.717. The van der Waals surface area contributed by atoms with E-state index in [0.29, 0.717) is 0 Å². The van der Waals surface area contributed by atoms with Gasteiger partial charge in [0, 0.05) is 13.8 Å². The van der Waals surface area contributed by atoms with Gasteiger partial charge in [0.25, 0.3) is 0 Å². The van der Waals surface area contributed by atoms with Crippen LogP contribution in [0.1, 0.15) is 41.5 Å². The van der Waals surface area contributed by atoms with Crippen molar-refractivity contribution in [2.75, 3.05) is 0 Å². The molecule has 6 nitrogen and oxygen atoms in total. The molecule has 0 amide bonds. The highest BCUT2D eigenvalue weighted by molar-refractivity contribution is 5.80. The van der Waals surface area contributed by atoms with E-state index in [4.69, 9.17) is 14.2 Å². The Morgan fingerprint density at radius 1 is 0.944 bits per heavy atom. The number of ether oxygens (including phenoxy) is 3. The molecular weight excluding hydrogens is 240 g/mol. The summed E-state index contributed by atoms with van der Waals surface area (Å²) in [7, 11) is 0. The fourth-order valence-electron chi connectivity index (χ4n) is 1.20. The Balaban J connectivity index is 4.81. The van der Waals surface area contributed by atoms with Gasteiger partial charge in [-0.1, -0.05) is 0 Å². The molecule has 6 heteroatoms. The van der Waals surface area contributed by atoms with Crippen LogP contribution >= 0.6 is 0 Å². The van der Waals surface area contributed by atoms with Crippen LogP contribution in [0, 0.1) is 0 Å². The predicted octanol–water partition coefficient (Wildman–Crippen LogP) is 1.21. The summed E-state index contributed by atoms with van der Waals surface area (Å²) in [5.74, 6) is -1.96. The first-order chi connectivity index (χ1) is 8.03. The molecule has 0 aliphatic rings. The van der Waals surface area contributed by atoms with Crippen LogP contribution < -0.4 is 0 Å². The maximum Gasteiger partial charge on any atom is 0.351 e. The van der Waals surface area contributed by atoms with Gasteiger partial charge in [-0.05, 0) is 27.7 Å². The largest absolute Gasteiger partial charge is 0.458 e. The first kappa shape index (κ1) is 16.4. The van der Waals surface area contributed by atoms with Crippen molar-refractivity contribution in [3.05, 3.63) is 0 Å². The van der Waals surface area contributed by atoms with Gasteiger partial charge < -0.3 is 14.2 Å². The molecule has 0 spiro atoms. The number of carbonyl (C=O) groups excluding carboxylic acids is 3. The standard InChI is InChI=1S/C12H20O6/c1-7(16-8(2)13)10(17-9(3)14)11(15)18-12(4,5)6/h7,10H,1-6H3. The molecule has 0 saturated heterocycles. The summed E-state index contributed by atoms with van der Waals surface area (Å²) in [6, 6.07) is 0. The van der Waals surface area contributed by atoms with Crippen molar-refractivity contribution in [2.24, 2.45) is 0 Å². The highest BCUT2D eigenvalue weighted by atomic mass is 16.6. The molecule has 0 saturated carbocycles. The van der Waals surface area contributed by atoms with Gasteiger partial charge in [-0.25, -0.2) is 4.79 Å². The van der Waals surface area contributed by atoms with Gasteiger partial charge in [-0.2, -0.15) is 0 Å². The molecule has 0 heterocycles. The van der Waals surface area contributed by atoms with Crippen LogP contribution in [0.4, 0.5) is 0 Å². The van der Waals surface area contributed by atoms with Crippen molar-refractivity contribution in [3.8, 4) is 0 Å². The van der Waals surface area contributed by atoms with E-state index in [2.05, 4.69) is 0 Å². The van der Waals surface area contributed by atoms with E-state index >= 15 is 0 Å². The third-order valence-corrected chi connectivity index (χ3v) is 1.71. The molecule has 0 aliphatic carbocycles. The second-order valence-electron chi connectivity index (χ2n) is 4.88. The Labute approximate surface area is 107 Å². The SMILES string of the molecule is CC(=O)OC(C)C(OC(C)=O)C(=O)OC(C)(C)C. The van der Waals surface area contributed by atoms with Gasteiger partial charge in [0.05, 0.1) is 0 Å². The Kier molecular flexibility index (Phi) is 5.81. The van der Waals surface area contributed by atoms with Crippen LogP contribution in [-0.4, -0.2) is 35.7 Å². The Morgan fingerprint density at radius 3 is 1.72 bits per heavy atom. The number of esters is 3. The monoisotopic (exact) mass is 260 g/mol. The molecular formula is C12H20O6. The van der Waals surface area contributed by atoms with Gasteiger partial charge >= 0.3 is 17.9 Å². The van der Waals surface area contributed by atoms with Crippen LogP contribution in [0.25, 0.3) is 0 Å². The average molecular weight is 260 g/mol. The minimum Gasteiger partial charge on any atom is -0.458 e. The summed E-state index contributed by atoms with van der Waals surface area (Å²) < 4.78 is 14.8. The molecule has 0 bridgehead atoms. The molecule has 0 N–H and O–H groups in total. The van der Waals surface area contributed by atoms with Gasteiger partial charge in [0.15, 0.2) is 0 Å². The first-order valence-corrected chi connectivity index (χ1v) is 5.60. The Morgan fingerprint density at radius 2 is 1.39 bits per heavy atom.